The van der Waals surface area contributed by atoms with E-state index in [2.05, 4.69) is 10.2 Å². The van der Waals surface area contributed by atoms with Gasteiger partial charge in [0.15, 0.2) is 5.69 Å². The van der Waals surface area contributed by atoms with Gasteiger partial charge >= 0.3 is 0 Å². The van der Waals surface area contributed by atoms with Gasteiger partial charge in [-0.3, -0.25) is 9.89 Å². The molecule has 22 heavy (non-hydrogen) atoms. The Kier molecular flexibility index (Phi) is 3.31. The van der Waals surface area contributed by atoms with Crippen LogP contribution in [0.15, 0.2) is 40.3 Å². The van der Waals surface area contributed by atoms with Crippen molar-refractivity contribution in [2.24, 2.45) is 0 Å². The smallest absolute Gasteiger partial charge is 0.274 e. The van der Waals surface area contributed by atoms with Gasteiger partial charge in [-0.15, -0.1) is 11.3 Å². The quantitative estimate of drug-likeness (QED) is 0.789. The fraction of sp³-hybridized carbons (Fsp3) is 0.250. The molecule has 1 aliphatic rings. The first-order valence-corrected chi connectivity index (χ1v) is 8.13. The van der Waals surface area contributed by atoms with E-state index in [-0.39, 0.29) is 5.91 Å². The molecule has 4 heterocycles. The lowest BCUT2D eigenvalue weighted by Gasteiger charge is -2.18. The van der Waals surface area contributed by atoms with E-state index in [1.54, 1.807) is 17.6 Å². The maximum Gasteiger partial charge on any atom is 0.274 e. The third-order valence-electron chi connectivity index (χ3n) is 3.90. The standard InChI is InChI=1S/C16H15N3O2S/c20-16(13-9-12(17-18-13)15-4-2-8-22-15)19-6-1-3-14-11(10-19)5-7-21-14/h2,4-5,7-9H,1,3,6,10H2,(H,17,18). The number of fused-ring (bicyclic) bond motifs is 1. The zero-order valence-corrected chi connectivity index (χ0v) is 12.7. The molecule has 0 fully saturated rings. The Morgan fingerprint density at radius 1 is 1.41 bits per heavy atom. The lowest BCUT2D eigenvalue weighted by molar-refractivity contribution is 0.0740. The zero-order valence-electron chi connectivity index (χ0n) is 11.9. The van der Waals surface area contributed by atoms with Crippen LogP contribution in [0.1, 0.15) is 28.2 Å². The molecule has 4 rings (SSSR count). The Morgan fingerprint density at radius 2 is 2.36 bits per heavy atom. The molecule has 3 aromatic rings. The average molecular weight is 313 g/mol. The molecule has 1 amide bonds. The number of rotatable bonds is 2. The summed E-state index contributed by atoms with van der Waals surface area (Å²) in [6.07, 6.45) is 3.49. The van der Waals surface area contributed by atoms with Gasteiger partial charge in [0.05, 0.1) is 16.8 Å². The number of carbonyl (C=O) groups excluding carboxylic acids is 1. The molecule has 0 aliphatic carbocycles. The number of aryl methyl sites for hydroxylation is 1. The first kappa shape index (κ1) is 13.3. The van der Waals surface area contributed by atoms with Crippen molar-refractivity contribution in [1.29, 1.82) is 0 Å². The molecule has 1 N–H and O–H groups in total. The molecule has 0 aromatic carbocycles. The number of hydrogen-bond donors (Lipinski definition) is 1. The van der Waals surface area contributed by atoms with Crippen LogP contribution in [0.3, 0.4) is 0 Å². The van der Waals surface area contributed by atoms with Gasteiger partial charge in [-0.1, -0.05) is 6.07 Å². The molecule has 1 aliphatic heterocycles. The van der Waals surface area contributed by atoms with Gasteiger partial charge < -0.3 is 9.32 Å². The van der Waals surface area contributed by atoms with Gasteiger partial charge in [-0.05, 0) is 30.0 Å². The Labute approximate surface area is 131 Å². The number of carbonyl (C=O) groups is 1. The topological polar surface area (TPSA) is 62.1 Å². The van der Waals surface area contributed by atoms with Gasteiger partial charge in [-0.2, -0.15) is 5.10 Å². The largest absolute Gasteiger partial charge is 0.469 e. The van der Waals surface area contributed by atoms with Crippen LogP contribution in [-0.2, 0) is 13.0 Å². The molecule has 5 nitrogen and oxygen atoms in total. The number of amides is 1. The van der Waals surface area contributed by atoms with Gasteiger partial charge in [-0.25, -0.2) is 0 Å². The molecule has 0 bridgehead atoms. The second-order valence-corrected chi connectivity index (χ2v) is 6.29. The van der Waals surface area contributed by atoms with E-state index in [9.17, 15) is 4.79 Å². The van der Waals surface area contributed by atoms with Crippen molar-refractivity contribution >= 4 is 17.2 Å². The van der Waals surface area contributed by atoms with Crippen molar-refractivity contribution in [3.8, 4) is 10.6 Å². The maximum absolute atomic E-state index is 12.7. The molecular formula is C16H15N3O2S. The number of nitrogens with zero attached hydrogens (tertiary/aromatic N) is 2. The molecule has 3 aromatic heterocycles. The van der Waals surface area contributed by atoms with Crippen molar-refractivity contribution in [3.63, 3.8) is 0 Å². The lowest BCUT2D eigenvalue weighted by atomic mass is 10.2. The first-order chi connectivity index (χ1) is 10.8. The van der Waals surface area contributed by atoms with Crippen molar-refractivity contribution in [1.82, 2.24) is 15.1 Å². The lowest BCUT2D eigenvalue weighted by Crippen LogP contribution is -2.30. The summed E-state index contributed by atoms with van der Waals surface area (Å²) in [5, 5.41) is 9.15. The number of hydrogen-bond acceptors (Lipinski definition) is 4. The van der Waals surface area contributed by atoms with E-state index < -0.39 is 0 Å². The van der Waals surface area contributed by atoms with Crippen LogP contribution in [0.2, 0.25) is 0 Å². The number of aromatic amines is 1. The monoisotopic (exact) mass is 313 g/mol. The molecule has 0 atom stereocenters. The van der Waals surface area contributed by atoms with Crippen molar-refractivity contribution in [3.05, 3.63) is 52.9 Å². The highest BCUT2D eigenvalue weighted by Crippen LogP contribution is 2.25. The summed E-state index contributed by atoms with van der Waals surface area (Å²) in [5.74, 6) is 0.963. The van der Waals surface area contributed by atoms with Crippen LogP contribution in [-0.4, -0.2) is 27.5 Å². The van der Waals surface area contributed by atoms with Gasteiger partial charge in [0.1, 0.15) is 5.76 Å². The first-order valence-electron chi connectivity index (χ1n) is 7.25. The molecule has 6 heteroatoms. The number of thiophene rings is 1. The highest BCUT2D eigenvalue weighted by Gasteiger charge is 2.23. The summed E-state index contributed by atoms with van der Waals surface area (Å²) in [6, 6.07) is 7.77. The summed E-state index contributed by atoms with van der Waals surface area (Å²) in [5.41, 5.74) is 2.45. The number of furan rings is 1. The summed E-state index contributed by atoms with van der Waals surface area (Å²) in [7, 11) is 0. The zero-order chi connectivity index (χ0) is 14.9. The van der Waals surface area contributed by atoms with Crippen molar-refractivity contribution in [2.75, 3.05) is 6.54 Å². The summed E-state index contributed by atoms with van der Waals surface area (Å²) in [4.78, 5) is 15.6. The van der Waals surface area contributed by atoms with E-state index in [4.69, 9.17) is 4.42 Å². The van der Waals surface area contributed by atoms with E-state index in [1.807, 2.05) is 34.5 Å². The molecule has 0 saturated heterocycles. The fourth-order valence-corrected chi connectivity index (χ4v) is 3.46. The average Bonchev–Trinajstić information content (AvgIpc) is 3.25. The van der Waals surface area contributed by atoms with Crippen LogP contribution in [0, 0.1) is 0 Å². The third kappa shape index (κ3) is 2.35. The number of H-pyrrole nitrogens is 1. The molecule has 0 spiro atoms. The Hall–Kier alpha value is -2.34. The van der Waals surface area contributed by atoms with Crippen LogP contribution in [0.4, 0.5) is 0 Å². The normalized spacial score (nSPS) is 14.6. The van der Waals surface area contributed by atoms with Gasteiger partial charge in [0, 0.05) is 25.1 Å². The molecule has 112 valence electrons. The van der Waals surface area contributed by atoms with E-state index in [0.29, 0.717) is 12.2 Å². The van der Waals surface area contributed by atoms with E-state index in [1.165, 1.54) is 0 Å². The minimum Gasteiger partial charge on any atom is -0.469 e. The van der Waals surface area contributed by atoms with Crippen molar-refractivity contribution < 1.29 is 9.21 Å². The van der Waals surface area contributed by atoms with E-state index >= 15 is 0 Å². The highest BCUT2D eigenvalue weighted by atomic mass is 32.1. The second kappa shape index (κ2) is 5.46. The Balaban J connectivity index is 1.57. The maximum atomic E-state index is 12.7. The Bertz CT molecular complexity index is 788. The van der Waals surface area contributed by atoms with Crippen LogP contribution >= 0.6 is 11.3 Å². The summed E-state index contributed by atoms with van der Waals surface area (Å²) in [6.45, 7) is 1.32. The predicted octanol–water partition coefficient (Wildman–Crippen LogP) is 3.32. The number of aromatic nitrogens is 2. The molecule has 0 radical (unpaired) electrons. The highest BCUT2D eigenvalue weighted by molar-refractivity contribution is 7.13. The Morgan fingerprint density at radius 3 is 3.23 bits per heavy atom. The summed E-state index contributed by atoms with van der Waals surface area (Å²) < 4.78 is 5.46. The molecular weight excluding hydrogens is 298 g/mol. The third-order valence-corrected chi connectivity index (χ3v) is 4.80. The predicted molar refractivity (Wildman–Crippen MR) is 83.7 cm³/mol. The van der Waals surface area contributed by atoms with Gasteiger partial charge in [0.25, 0.3) is 5.91 Å². The fourth-order valence-electron chi connectivity index (χ4n) is 2.77. The SMILES string of the molecule is O=C(c1cc(-c2cccs2)[nH]n1)N1CCCc2occc2C1. The van der Waals surface area contributed by atoms with Crippen LogP contribution in [0.25, 0.3) is 10.6 Å². The van der Waals surface area contributed by atoms with Crippen LogP contribution in [0.5, 0.6) is 0 Å². The van der Waals surface area contributed by atoms with Crippen molar-refractivity contribution in [2.45, 2.75) is 19.4 Å². The molecule has 0 unspecified atom stereocenters. The number of nitrogens with one attached hydrogen (secondary N) is 1. The summed E-state index contributed by atoms with van der Waals surface area (Å²) >= 11 is 1.62. The van der Waals surface area contributed by atoms with Crippen LogP contribution < -0.4 is 0 Å². The minimum atomic E-state index is -0.0342. The second-order valence-electron chi connectivity index (χ2n) is 5.34. The molecule has 0 saturated carbocycles. The van der Waals surface area contributed by atoms with Gasteiger partial charge in [0.2, 0.25) is 0 Å². The minimum absolute atomic E-state index is 0.0342. The van der Waals surface area contributed by atoms with E-state index in [0.717, 1.165) is 41.3 Å².